The minimum Gasteiger partial charge on any atom is -0.379 e. The van der Waals surface area contributed by atoms with Crippen molar-refractivity contribution in [3.8, 4) is 0 Å². The van der Waals surface area contributed by atoms with E-state index in [1.165, 1.54) is 4.31 Å². The number of hydrogen-bond acceptors (Lipinski definition) is 6. The number of aryl methyl sites for hydroxylation is 1. The number of hydrogen-bond donors (Lipinski definition) is 0. The number of rotatable bonds is 5. The molecule has 1 amide bonds. The molecule has 1 atom stereocenters. The molecule has 7 nitrogen and oxygen atoms in total. The molecule has 0 bridgehead atoms. The fourth-order valence-corrected chi connectivity index (χ4v) is 6.62. The Morgan fingerprint density at radius 2 is 2.07 bits per heavy atom. The second-order valence-corrected chi connectivity index (χ2v) is 10.5. The lowest BCUT2D eigenvalue weighted by molar-refractivity contribution is 0.0706. The number of amides is 1. The van der Waals surface area contributed by atoms with E-state index in [1.807, 2.05) is 17.2 Å². The standard InChI is InChI=1S/C21H27N3O4S2/c1-2-16-5-6-17(14-19(16)30(26,27)24-9-11-28-12-10-24)21(25)23-8-3-4-18(15-23)20-22-7-13-29-20/h5-7,13-14,18H,2-4,8-12,15H2,1H3. The molecule has 162 valence electrons. The smallest absolute Gasteiger partial charge is 0.253 e. The molecule has 2 fully saturated rings. The highest BCUT2D eigenvalue weighted by atomic mass is 32.2. The van der Waals surface area contributed by atoms with E-state index in [1.54, 1.807) is 35.7 Å². The Morgan fingerprint density at radius 3 is 2.77 bits per heavy atom. The van der Waals surface area contributed by atoms with Crippen molar-refractivity contribution in [2.45, 2.75) is 37.0 Å². The highest BCUT2D eigenvalue weighted by Crippen LogP contribution is 2.30. The van der Waals surface area contributed by atoms with Gasteiger partial charge in [-0.2, -0.15) is 4.31 Å². The molecule has 4 rings (SSSR count). The third-order valence-corrected chi connectivity index (χ3v) is 8.71. The maximum absolute atomic E-state index is 13.3. The van der Waals surface area contributed by atoms with Gasteiger partial charge in [0.05, 0.1) is 23.1 Å². The molecule has 0 saturated carbocycles. The number of carbonyl (C=O) groups is 1. The molecule has 9 heteroatoms. The van der Waals surface area contributed by atoms with Crippen LogP contribution in [-0.2, 0) is 21.2 Å². The first kappa shape index (κ1) is 21.4. The minimum atomic E-state index is -3.66. The molecule has 1 aromatic carbocycles. The van der Waals surface area contributed by atoms with Gasteiger partial charge in [0.1, 0.15) is 0 Å². The average Bonchev–Trinajstić information content (AvgIpc) is 3.34. The summed E-state index contributed by atoms with van der Waals surface area (Å²) < 4.78 is 33.3. The van der Waals surface area contributed by atoms with E-state index < -0.39 is 10.0 Å². The third-order valence-electron chi connectivity index (χ3n) is 5.79. The molecule has 0 spiro atoms. The lowest BCUT2D eigenvalue weighted by Crippen LogP contribution is -2.41. The predicted octanol–water partition coefficient (Wildman–Crippen LogP) is 2.75. The SMILES string of the molecule is CCc1ccc(C(=O)N2CCCC(c3nccs3)C2)cc1S(=O)(=O)N1CCOCC1. The molecule has 2 aliphatic heterocycles. The molecule has 2 aliphatic rings. The van der Waals surface area contributed by atoms with Gasteiger partial charge in [0.25, 0.3) is 5.91 Å². The minimum absolute atomic E-state index is 0.114. The summed E-state index contributed by atoms with van der Waals surface area (Å²) in [5.41, 5.74) is 1.16. The summed E-state index contributed by atoms with van der Waals surface area (Å²) in [5, 5.41) is 3.02. The van der Waals surface area contributed by atoms with Crippen LogP contribution in [0.1, 0.15) is 46.6 Å². The molecule has 1 aromatic heterocycles. The highest BCUT2D eigenvalue weighted by Gasteiger charge is 2.31. The van der Waals surface area contributed by atoms with Gasteiger partial charge in [-0.25, -0.2) is 13.4 Å². The van der Waals surface area contributed by atoms with Crippen molar-refractivity contribution in [3.05, 3.63) is 45.9 Å². The Kier molecular flexibility index (Phi) is 6.52. The first-order chi connectivity index (χ1) is 14.5. The number of piperidine rings is 1. The van der Waals surface area contributed by atoms with Crippen LogP contribution in [-0.4, -0.2) is 67.9 Å². The maximum atomic E-state index is 13.3. The van der Waals surface area contributed by atoms with Gasteiger partial charge in [-0.1, -0.05) is 13.0 Å². The number of morpholine rings is 1. The van der Waals surface area contributed by atoms with E-state index in [2.05, 4.69) is 4.98 Å². The zero-order valence-corrected chi connectivity index (χ0v) is 18.8. The maximum Gasteiger partial charge on any atom is 0.253 e. The molecular weight excluding hydrogens is 422 g/mol. The molecule has 0 radical (unpaired) electrons. The number of sulfonamides is 1. The monoisotopic (exact) mass is 449 g/mol. The number of likely N-dealkylation sites (tertiary alicyclic amines) is 1. The van der Waals surface area contributed by atoms with E-state index in [0.717, 1.165) is 23.4 Å². The van der Waals surface area contributed by atoms with Crippen molar-refractivity contribution in [2.24, 2.45) is 0 Å². The van der Waals surface area contributed by atoms with Gasteiger partial charge in [-0.05, 0) is 37.0 Å². The Bertz CT molecular complexity index is 986. The molecule has 3 heterocycles. The number of thiazole rings is 1. The van der Waals surface area contributed by atoms with E-state index in [9.17, 15) is 13.2 Å². The molecule has 1 unspecified atom stereocenters. The summed E-state index contributed by atoms with van der Waals surface area (Å²) in [6.45, 7) is 4.70. The summed E-state index contributed by atoms with van der Waals surface area (Å²) in [6.07, 6.45) is 4.32. The van der Waals surface area contributed by atoms with E-state index >= 15 is 0 Å². The third kappa shape index (κ3) is 4.30. The molecule has 2 saturated heterocycles. The lowest BCUT2D eigenvalue weighted by atomic mass is 9.98. The first-order valence-electron chi connectivity index (χ1n) is 10.4. The van der Waals surface area contributed by atoms with Crippen molar-refractivity contribution in [1.29, 1.82) is 0 Å². The zero-order valence-electron chi connectivity index (χ0n) is 17.1. The Hall–Kier alpha value is -1.81. The molecule has 0 aliphatic carbocycles. The summed E-state index contributed by atoms with van der Waals surface area (Å²) in [6, 6.07) is 5.11. The van der Waals surface area contributed by atoms with Crippen molar-refractivity contribution >= 4 is 27.3 Å². The lowest BCUT2D eigenvalue weighted by Gasteiger charge is -2.32. The van der Waals surface area contributed by atoms with Gasteiger partial charge < -0.3 is 9.64 Å². The van der Waals surface area contributed by atoms with Crippen molar-refractivity contribution in [1.82, 2.24) is 14.2 Å². The summed E-state index contributed by atoms with van der Waals surface area (Å²) in [4.78, 5) is 19.7. The summed E-state index contributed by atoms with van der Waals surface area (Å²) in [5.74, 6) is 0.131. The fraction of sp³-hybridized carbons (Fsp3) is 0.524. The Labute approximate surface area is 181 Å². The molecule has 30 heavy (non-hydrogen) atoms. The van der Waals surface area contributed by atoms with Crippen LogP contribution in [0.25, 0.3) is 0 Å². The van der Waals surface area contributed by atoms with Crippen molar-refractivity contribution < 1.29 is 17.9 Å². The normalized spacial score (nSPS) is 21.0. The number of nitrogens with zero attached hydrogens (tertiary/aromatic N) is 3. The number of carbonyl (C=O) groups excluding carboxylic acids is 1. The number of aromatic nitrogens is 1. The topological polar surface area (TPSA) is 79.8 Å². The van der Waals surface area contributed by atoms with E-state index in [0.29, 0.717) is 51.4 Å². The average molecular weight is 450 g/mol. The zero-order chi connectivity index (χ0) is 21.1. The Balaban J connectivity index is 1.60. The van der Waals surface area contributed by atoms with Gasteiger partial charge in [0, 0.05) is 49.2 Å². The van der Waals surface area contributed by atoms with Gasteiger partial charge in [-0.15, -0.1) is 11.3 Å². The van der Waals surface area contributed by atoms with Crippen LogP contribution in [0.4, 0.5) is 0 Å². The van der Waals surface area contributed by atoms with Crippen LogP contribution in [0, 0.1) is 0 Å². The second-order valence-electron chi connectivity index (χ2n) is 7.65. The summed E-state index contributed by atoms with van der Waals surface area (Å²) in [7, 11) is -3.66. The number of benzene rings is 1. The number of ether oxygens (including phenoxy) is 1. The van der Waals surface area contributed by atoms with Gasteiger partial charge >= 0.3 is 0 Å². The summed E-state index contributed by atoms with van der Waals surface area (Å²) >= 11 is 1.62. The predicted molar refractivity (Wildman–Crippen MR) is 115 cm³/mol. The second kappa shape index (κ2) is 9.13. The van der Waals surface area contributed by atoms with Crippen LogP contribution in [0.15, 0.2) is 34.7 Å². The Morgan fingerprint density at radius 1 is 1.27 bits per heavy atom. The van der Waals surface area contributed by atoms with Crippen LogP contribution in [0.5, 0.6) is 0 Å². The van der Waals surface area contributed by atoms with Crippen LogP contribution >= 0.6 is 11.3 Å². The van der Waals surface area contributed by atoms with Gasteiger partial charge in [-0.3, -0.25) is 4.79 Å². The molecule has 2 aromatic rings. The largest absolute Gasteiger partial charge is 0.379 e. The van der Waals surface area contributed by atoms with E-state index in [4.69, 9.17) is 4.74 Å². The van der Waals surface area contributed by atoms with Gasteiger partial charge in [0.15, 0.2) is 0 Å². The first-order valence-corrected chi connectivity index (χ1v) is 12.7. The molecule has 0 N–H and O–H groups in total. The quantitative estimate of drug-likeness (QED) is 0.701. The van der Waals surface area contributed by atoms with E-state index in [-0.39, 0.29) is 16.7 Å². The van der Waals surface area contributed by atoms with Crippen LogP contribution in [0.3, 0.4) is 0 Å². The fourth-order valence-electron chi connectivity index (χ4n) is 4.13. The molecular formula is C21H27N3O4S2. The van der Waals surface area contributed by atoms with Gasteiger partial charge in [0.2, 0.25) is 10.0 Å². The van der Waals surface area contributed by atoms with Crippen LogP contribution in [0.2, 0.25) is 0 Å². The van der Waals surface area contributed by atoms with Crippen LogP contribution < -0.4 is 0 Å². The van der Waals surface area contributed by atoms with Crippen molar-refractivity contribution in [3.63, 3.8) is 0 Å². The highest BCUT2D eigenvalue weighted by molar-refractivity contribution is 7.89. The van der Waals surface area contributed by atoms with Crippen molar-refractivity contribution in [2.75, 3.05) is 39.4 Å².